The molecule has 1 saturated heterocycles. The van der Waals surface area contributed by atoms with Crippen molar-refractivity contribution >= 4 is 6.03 Å². The third-order valence-electron chi connectivity index (χ3n) is 4.17. The zero-order chi connectivity index (χ0) is 17.6. The van der Waals surface area contributed by atoms with E-state index >= 15 is 0 Å². The van der Waals surface area contributed by atoms with Crippen LogP contribution in [0.5, 0.6) is 0 Å². The number of ether oxygens (including phenoxy) is 1. The van der Waals surface area contributed by atoms with Gasteiger partial charge in [-0.2, -0.15) is 0 Å². The summed E-state index contributed by atoms with van der Waals surface area (Å²) < 4.78 is 5.80. The van der Waals surface area contributed by atoms with Crippen LogP contribution in [0.15, 0.2) is 24.3 Å². The van der Waals surface area contributed by atoms with Crippen LogP contribution in [0.25, 0.3) is 0 Å². The molecule has 1 heterocycles. The molecule has 1 atom stereocenters. The predicted molar refractivity (Wildman–Crippen MR) is 94.6 cm³/mol. The van der Waals surface area contributed by atoms with E-state index in [1.165, 1.54) is 0 Å². The first kappa shape index (κ1) is 18.7. The van der Waals surface area contributed by atoms with Gasteiger partial charge in [0.05, 0.1) is 12.2 Å². The van der Waals surface area contributed by atoms with Crippen LogP contribution in [-0.4, -0.2) is 41.3 Å². The Balaban J connectivity index is 1.84. The van der Waals surface area contributed by atoms with Gasteiger partial charge in [-0.05, 0) is 50.7 Å². The molecule has 1 fully saturated rings. The fourth-order valence-electron chi connectivity index (χ4n) is 2.82. The molecule has 1 aromatic rings. The second kappa shape index (κ2) is 8.49. The van der Waals surface area contributed by atoms with E-state index in [-0.39, 0.29) is 24.2 Å². The average Bonchev–Trinajstić information content (AvgIpc) is 2.57. The lowest BCUT2D eigenvalue weighted by Gasteiger charge is -2.31. The topological polar surface area (TPSA) is 61.8 Å². The number of urea groups is 1. The Morgan fingerprint density at radius 1 is 1.38 bits per heavy atom. The minimum Gasteiger partial charge on any atom is -0.396 e. The van der Waals surface area contributed by atoms with Crippen molar-refractivity contribution in [2.24, 2.45) is 5.92 Å². The zero-order valence-electron chi connectivity index (χ0n) is 15.0. The Kier molecular flexibility index (Phi) is 6.63. The van der Waals surface area contributed by atoms with Gasteiger partial charge >= 0.3 is 6.03 Å². The van der Waals surface area contributed by atoms with Crippen molar-refractivity contribution in [1.82, 2.24) is 10.2 Å². The minimum atomic E-state index is -0.165. The van der Waals surface area contributed by atoms with Crippen molar-refractivity contribution in [3.8, 4) is 0 Å². The van der Waals surface area contributed by atoms with E-state index in [9.17, 15) is 9.90 Å². The van der Waals surface area contributed by atoms with Crippen LogP contribution in [0.1, 0.15) is 44.7 Å². The summed E-state index contributed by atoms with van der Waals surface area (Å²) in [6, 6.07) is 8.05. The molecule has 24 heavy (non-hydrogen) atoms. The number of aliphatic hydroxyl groups is 1. The fourth-order valence-corrected chi connectivity index (χ4v) is 2.82. The first-order valence-electron chi connectivity index (χ1n) is 8.73. The summed E-state index contributed by atoms with van der Waals surface area (Å²) >= 11 is 0. The number of benzene rings is 1. The van der Waals surface area contributed by atoms with Crippen molar-refractivity contribution in [1.29, 1.82) is 0 Å². The molecule has 0 saturated carbocycles. The highest BCUT2D eigenvalue weighted by Gasteiger charge is 2.22. The molecule has 2 N–H and O–H groups in total. The van der Waals surface area contributed by atoms with Gasteiger partial charge in [-0.15, -0.1) is 0 Å². The second-order valence-corrected chi connectivity index (χ2v) is 7.52. The number of hydrogen-bond donors (Lipinski definition) is 2. The molecular formula is C19H30N2O3. The standard InChI is InChI=1S/C19H30N2O3/c1-19(2,3)24-14-16-7-4-6-15(10-16)11-20-18(23)21-9-5-8-17(12-21)13-22/h4,6-7,10,17,22H,5,8-9,11-14H2,1-3H3,(H,20,23). The summed E-state index contributed by atoms with van der Waals surface area (Å²) in [5.41, 5.74) is 2.01. The van der Waals surface area contributed by atoms with Crippen molar-refractivity contribution in [3.63, 3.8) is 0 Å². The number of nitrogens with zero attached hydrogens (tertiary/aromatic N) is 1. The third-order valence-corrected chi connectivity index (χ3v) is 4.17. The Labute approximate surface area is 145 Å². The number of piperidine rings is 1. The molecule has 1 aliphatic rings. The van der Waals surface area contributed by atoms with E-state index in [0.717, 1.165) is 30.5 Å². The highest BCUT2D eigenvalue weighted by molar-refractivity contribution is 5.74. The summed E-state index contributed by atoms with van der Waals surface area (Å²) in [6.07, 6.45) is 1.95. The minimum absolute atomic E-state index is 0.0514. The lowest BCUT2D eigenvalue weighted by molar-refractivity contribution is -0.0149. The molecule has 1 unspecified atom stereocenters. The molecule has 5 heteroatoms. The van der Waals surface area contributed by atoms with E-state index in [2.05, 4.69) is 11.4 Å². The number of hydrogen-bond acceptors (Lipinski definition) is 3. The van der Waals surface area contributed by atoms with E-state index in [1.54, 1.807) is 4.90 Å². The predicted octanol–water partition coefficient (Wildman–Crippen LogP) is 2.92. The summed E-state index contributed by atoms with van der Waals surface area (Å²) in [5, 5.41) is 12.2. The van der Waals surface area contributed by atoms with Crippen LogP contribution < -0.4 is 5.32 Å². The molecule has 0 radical (unpaired) electrons. The maximum Gasteiger partial charge on any atom is 0.317 e. The first-order chi connectivity index (χ1) is 11.4. The molecule has 0 aliphatic carbocycles. The Morgan fingerprint density at radius 2 is 2.12 bits per heavy atom. The molecule has 1 aliphatic heterocycles. The van der Waals surface area contributed by atoms with Gasteiger partial charge in [0.25, 0.3) is 0 Å². The Morgan fingerprint density at radius 3 is 2.83 bits per heavy atom. The van der Waals surface area contributed by atoms with Gasteiger partial charge in [-0.25, -0.2) is 4.79 Å². The van der Waals surface area contributed by atoms with Crippen LogP contribution >= 0.6 is 0 Å². The van der Waals surface area contributed by atoms with Gasteiger partial charge in [0, 0.05) is 26.2 Å². The van der Waals surface area contributed by atoms with Crippen LogP contribution in [0.2, 0.25) is 0 Å². The smallest absolute Gasteiger partial charge is 0.317 e. The van der Waals surface area contributed by atoms with Gasteiger partial charge in [0.2, 0.25) is 0 Å². The molecule has 0 spiro atoms. The average molecular weight is 334 g/mol. The van der Waals surface area contributed by atoms with E-state index in [4.69, 9.17) is 4.74 Å². The molecule has 0 aromatic heterocycles. The highest BCUT2D eigenvalue weighted by atomic mass is 16.5. The normalized spacial score (nSPS) is 18.5. The molecule has 2 rings (SSSR count). The maximum atomic E-state index is 12.3. The summed E-state index contributed by atoms with van der Waals surface area (Å²) in [4.78, 5) is 14.1. The monoisotopic (exact) mass is 334 g/mol. The number of nitrogens with one attached hydrogen (secondary N) is 1. The van der Waals surface area contributed by atoms with Gasteiger partial charge in [0.15, 0.2) is 0 Å². The summed E-state index contributed by atoms with van der Waals surface area (Å²) in [7, 11) is 0. The molecule has 0 bridgehead atoms. The summed E-state index contributed by atoms with van der Waals surface area (Å²) in [6.45, 7) is 8.74. The van der Waals surface area contributed by atoms with Crippen LogP contribution in [0.3, 0.4) is 0 Å². The van der Waals surface area contributed by atoms with Gasteiger partial charge in [-0.1, -0.05) is 24.3 Å². The Bertz CT molecular complexity index is 540. The molecular weight excluding hydrogens is 304 g/mol. The lowest BCUT2D eigenvalue weighted by Crippen LogP contribution is -2.45. The SMILES string of the molecule is CC(C)(C)OCc1cccc(CNC(=O)N2CCCC(CO)C2)c1. The van der Waals surface area contributed by atoms with Crippen LogP contribution in [0, 0.1) is 5.92 Å². The molecule has 134 valence electrons. The van der Waals surface area contributed by atoms with Gasteiger partial charge < -0.3 is 20.1 Å². The quantitative estimate of drug-likeness (QED) is 0.870. The number of rotatable bonds is 5. The number of carbonyl (C=O) groups is 1. The number of amides is 2. The zero-order valence-corrected chi connectivity index (χ0v) is 15.0. The van der Waals surface area contributed by atoms with Crippen LogP contribution in [0.4, 0.5) is 4.79 Å². The van der Waals surface area contributed by atoms with Crippen LogP contribution in [-0.2, 0) is 17.9 Å². The third kappa shape index (κ3) is 6.13. The van der Waals surface area contributed by atoms with E-state index in [1.807, 2.05) is 39.0 Å². The largest absolute Gasteiger partial charge is 0.396 e. The Hall–Kier alpha value is -1.59. The van der Waals surface area contributed by atoms with Crippen molar-refractivity contribution in [3.05, 3.63) is 35.4 Å². The highest BCUT2D eigenvalue weighted by Crippen LogP contribution is 2.16. The molecule has 5 nitrogen and oxygen atoms in total. The number of aliphatic hydroxyl groups excluding tert-OH is 1. The summed E-state index contributed by atoms with van der Waals surface area (Å²) in [5.74, 6) is 0.211. The molecule has 2 amide bonds. The maximum absolute atomic E-state index is 12.3. The van der Waals surface area contributed by atoms with Crippen molar-refractivity contribution < 1.29 is 14.6 Å². The fraction of sp³-hybridized carbons (Fsp3) is 0.632. The van der Waals surface area contributed by atoms with Crippen molar-refractivity contribution in [2.45, 2.75) is 52.4 Å². The first-order valence-corrected chi connectivity index (χ1v) is 8.73. The van der Waals surface area contributed by atoms with Gasteiger partial charge in [-0.3, -0.25) is 0 Å². The number of likely N-dealkylation sites (tertiary alicyclic amines) is 1. The second-order valence-electron chi connectivity index (χ2n) is 7.52. The van der Waals surface area contributed by atoms with E-state index < -0.39 is 0 Å². The van der Waals surface area contributed by atoms with Crippen molar-refractivity contribution in [2.75, 3.05) is 19.7 Å². The van der Waals surface area contributed by atoms with E-state index in [0.29, 0.717) is 19.7 Å². The number of carbonyl (C=O) groups excluding carboxylic acids is 1. The molecule has 1 aromatic carbocycles. The lowest BCUT2D eigenvalue weighted by atomic mass is 9.99. The van der Waals surface area contributed by atoms with Gasteiger partial charge in [0.1, 0.15) is 0 Å².